The summed E-state index contributed by atoms with van der Waals surface area (Å²) in [6.07, 6.45) is 5.31. The molecule has 0 N–H and O–H groups in total. The molecule has 1 aliphatic rings. The Labute approximate surface area is 177 Å². The largest absolute Gasteiger partial charge is 0.342 e. The number of nitrogens with zero attached hydrogens (tertiary/aromatic N) is 3. The summed E-state index contributed by atoms with van der Waals surface area (Å²) in [5, 5.41) is 0. The number of benzene rings is 2. The second kappa shape index (κ2) is 9.24. The topological polar surface area (TPSA) is 38.1 Å². The van der Waals surface area contributed by atoms with Gasteiger partial charge in [-0.05, 0) is 48.9 Å². The van der Waals surface area contributed by atoms with Gasteiger partial charge in [-0.25, -0.2) is 9.37 Å². The molecule has 1 aromatic heterocycles. The van der Waals surface area contributed by atoms with E-state index in [4.69, 9.17) is 0 Å². The molecule has 0 atom stereocenters. The van der Waals surface area contributed by atoms with Crippen molar-refractivity contribution in [3.05, 3.63) is 89.3 Å². The lowest BCUT2D eigenvalue weighted by Crippen LogP contribution is -2.39. The quantitative estimate of drug-likeness (QED) is 0.610. The van der Waals surface area contributed by atoms with Gasteiger partial charge in [-0.3, -0.25) is 4.79 Å². The van der Waals surface area contributed by atoms with Gasteiger partial charge in [0.1, 0.15) is 11.6 Å². The minimum atomic E-state index is -0.213. The first-order chi connectivity index (χ1) is 14.6. The van der Waals surface area contributed by atoms with Crippen LogP contribution in [0.5, 0.6) is 0 Å². The zero-order valence-electron chi connectivity index (χ0n) is 17.4. The minimum Gasteiger partial charge on any atom is -0.342 e. The van der Waals surface area contributed by atoms with Gasteiger partial charge in [-0.1, -0.05) is 42.5 Å². The number of hydrogen-bond acceptors (Lipinski definition) is 2. The summed E-state index contributed by atoms with van der Waals surface area (Å²) in [6.45, 7) is 4.39. The van der Waals surface area contributed by atoms with Gasteiger partial charge >= 0.3 is 0 Å². The number of hydrogen-bond donors (Lipinski definition) is 0. The van der Waals surface area contributed by atoms with Crippen LogP contribution >= 0.6 is 0 Å². The third-order valence-electron chi connectivity index (χ3n) is 6.03. The van der Waals surface area contributed by atoms with E-state index >= 15 is 0 Å². The molecule has 0 radical (unpaired) electrons. The summed E-state index contributed by atoms with van der Waals surface area (Å²) >= 11 is 0. The van der Waals surface area contributed by atoms with Crippen molar-refractivity contribution in [1.29, 1.82) is 0 Å². The van der Waals surface area contributed by atoms with Crippen LogP contribution in [0.2, 0.25) is 0 Å². The van der Waals surface area contributed by atoms with E-state index in [1.54, 1.807) is 0 Å². The van der Waals surface area contributed by atoms with E-state index < -0.39 is 0 Å². The Morgan fingerprint density at radius 1 is 1.03 bits per heavy atom. The maximum absolute atomic E-state index is 13.2. The molecular formula is C25H28FN3O. The van der Waals surface area contributed by atoms with Crippen molar-refractivity contribution in [3.63, 3.8) is 0 Å². The summed E-state index contributed by atoms with van der Waals surface area (Å²) < 4.78 is 15.4. The molecule has 4 rings (SSSR count). The normalized spacial score (nSPS) is 14.8. The lowest BCUT2D eigenvalue weighted by molar-refractivity contribution is -0.131. The number of aryl methyl sites for hydroxylation is 1. The molecule has 30 heavy (non-hydrogen) atoms. The van der Waals surface area contributed by atoms with Crippen LogP contribution in [-0.4, -0.2) is 33.4 Å². The highest BCUT2D eigenvalue weighted by Crippen LogP contribution is 2.23. The molecule has 2 aromatic carbocycles. The molecule has 0 spiro atoms. The highest BCUT2D eigenvalue weighted by atomic mass is 19.1. The molecule has 5 heteroatoms. The van der Waals surface area contributed by atoms with Crippen LogP contribution in [0.3, 0.4) is 0 Å². The van der Waals surface area contributed by atoms with Crippen LogP contribution in [0, 0.1) is 18.7 Å². The number of rotatable bonds is 6. The third kappa shape index (κ3) is 4.96. The Hall–Kier alpha value is -2.95. The predicted octanol–water partition coefficient (Wildman–Crippen LogP) is 4.40. The number of imidazole rings is 1. The average Bonchev–Trinajstić information content (AvgIpc) is 3.10. The smallest absolute Gasteiger partial charge is 0.226 e. The SMILES string of the molecule is Cc1cnc(CC2CCN(C(=O)Cc3ccccc3)CC2)n1Cc1ccc(F)cc1. The van der Waals surface area contributed by atoms with Crippen molar-refractivity contribution in [3.8, 4) is 0 Å². The zero-order chi connectivity index (χ0) is 20.9. The van der Waals surface area contributed by atoms with Gasteiger partial charge in [0.25, 0.3) is 0 Å². The van der Waals surface area contributed by atoms with Gasteiger partial charge in [0.15, 0.2) is 0 Å². The molecule has 0 unspecified atom stereocenters. The molecule has 4 nitrogen and oxygen atoms in total. The van der Waals surface area contributed by atoms with Gasteiger partial charge in [0, 0.05) is 37.9 Å². The highest BCUT2D eigenvalue weighted by Gasteiger charge is 2.24. The van der Waals surface area contributed by atoms with Gasteiger partial charge < -0.3 is 9.47 Å². The monoisotopic (exact) mass is 405 g/mol. The summed E-state index contributed by atoms with van der Waals surface area (Å²) in [5.41, 5.74) is 3.26. The summed E-state index contributed by atoms with van der Waals surface area (Å²) in [7, 11) is 0. The molecule has 156 valence electrons. The Morgan fingerprint density at radius 3 is 2.43 bits per heavy atom. The summed E-state index contributed by atoms with van der Waals surface area (Å²) in [5.74, 6) is 1.61. The lowest BCUT2D eigenvalue weighted by atomic mass is 9.93. The van der Waals surface area contributed by atoms with Crippen molar-refractivity contribution in [2.45, 2.75) is 39.2 Å². The fraction of sp³-hybridized carbons (Fsp3) is 0.360. The Morgan fingerprint density at radius 2 is 1.73 bits per heavy atom. The van der Waals surface area contributed by atoms with Crippen molar-refractivity contribution < 1.29 is 9.18 Å². The zero-order valence-corrected chi connectivity index (χ0v) is 17.4. The maximum Gasteiger partial charge on any atom is 0.226 e. The Kier molecular flexibility index (Phi) is 6.26. The molecule has 1 aliphatic heterocycles. The maximum atomic E-state index is 13.2. The lowest BCUT2D eigenvalue weighted by Gasteiger charge is -2.32. The Bertz CT molecular complexity index is 973. The van der Waals surface area contributed by atoms with Crippen molar-refractivity contribution in [2.75, 3.05) is 13.1 Å². The van der Waals surface area contributed by atoms with Crippen molar-refractivity contribution in [2.24, 2.45) is 5.92 Å². The van der Waals surface area contributed by atoms with Gasteiger partial charge in [0.2, 0.25) is 5.91 Å². The second-order valence-corrected chi connectivity index (χ2v) is 8.22. The van der Waals surface area contributed by atoms with E-state index in [2.05, 4.69) is 16.5 Å². The predicted molar refractivity (Wildman–Crippen MR) is 116 cm³/mol. The first-order valence-electron chi connectivity index (χ1n) is 10.7. The first kappa shape index (κ1) is 20.3. The van der Waals surface area contributed by atoms with Gasteiger partial charge in [-0.2, -0.15) is 0 Å². The van der Waals surface area contributed by atoms with Crippen molar-refractivity contribution in [1.82, 2.24) is 14.5 Å². The molecule has 0 aliphatic carbocycles. The number of piperidine rings is 1. The summed E-state index contributed by atoms with van der Waals surface area (Å²) in [6, 6.07) is 16.6. The van der Waals surface area contributed by atoms with E-state index in [0.29, 0.717) is 18.9 Å². The van der Waals surface area contributed by atoms with Crippen LogP contribution in [-0.2, 0) is 24.2 Å². The fourth-order valence-electron chi connectivity index (χ4n) is 4.19. The number of carbonyl (C=O) groups is 1. The molecule has 0 saturated carbocycles. The third-order valence-corrected chi connectivity index (χ3v) is 6.03. The fourth-order valence-corrected chi connectivity index (χ4v) is 4.19. The number of aromatic nitrogens is 2. The number of likely N-dealkylation sites (tertiary alicyclic amines) is 1. The van der Waals surface area contributed by atoms with Crippen LogP contribution in [0.25, 0.3) is 0 Å². The van der Waals surface area contributed by atoms with Crippen LogP contribution in [0.15, 0.2) is 60.8 Å². The second-order valence-electron chi connectivity index (χ2n) is 8.22. The molecule has 1 saturated heterocycles. The molecule has 0 bridgehead atoms. The number of amides is 1. The molecular weight excluding hydrogens is 377 g/mol. The summed E-state index contributed by atoms with van der Waals surface area (Å²) in [4.78, 5) is 19.2. The van der Waals surface area contributed by atoms with E-state index in [-0.39, 0.29) is 11.7 Å². The van der Waals surface area contributed by atoms with Crippen LogP contribution in [0.4, 0.5) is 4.39 Å². The Balaban J connectivity index is 1.33. The minimum absolute atomic E-state index is 0.213. The average molecular weight is 406 g/mol. The standard InChI is InChI=1S/C25H28FN3O/c1-19-17-27-24(29(19)18-22-7-9-23(26)10-8-22)15-21-11-13-28(14-12-21)25(30)16-20-5-3-2-4-6-20/h2-10,17,21H,11-16,18H2,1H3. The molecule has 3 aromatic rings. The van der Waals surface area contributed by atoms with E-state index in [0.717, 1.165) is 55.0 Å². The van der Waals surface area contributed by atoms with Crippen LogP contribution in [0.1, 0.15) is 35.5 Å². The number of carbonyl (C=O) groups excluding carboxylic acids is 1. The molecule has 1 amide bonds. The van der Waals surface area contributed by atoms with Crippen LogP contribution < -0.4 is 0 Å². The molecule has 2 heterocycles. The van der Waals surface area contributed by atoms with E-state index in [9.17, 15) is 9.18 Å². The number of halogens is 1. The first-order valence-corrected chi connectivity index (χ1v) is 10.7. The van der Waals surface area contributed by atoms with E-state index in [1.165, 1.54) is 12.1 Å². The van der Waals surface area contributed by atoms with Crippen molar-refractivity contribution >= 4 is 5.91 Å². The highest BCUT2D eigenvalue weighted by molar-refractivity contribution is 5.78. The van der Waals surface area contributed by atoms with E-state index in [1.807, 2.05) is 53.6 Å². The van der Waals surface area contributed by atoms with Gasteiger partial charge in [0.05, 0.1) is 6.42 Å². The van der Waals surface area contributed by atoms with Gasteiger partial charge in [-0.15, -0.1) is 0 Å². The molecule has 1 fully saturated rings.